The van der Waals surface area contributed by atoms with E-state index < -0.39 is 0 Å². The molecule has 1 atom stereocenters. The van der Waals surface area contributed by atoms with Gasteiger partial charge in [0.2, 0.25) is 5.88 Å². The molecule has 3 heterocycles. The van der Waals surface area contributed by atoms with Crippen molar-refractivity contribution in [3.05, 3.63) is 40.5 Å². The average molecular weight is 414 g/mol. The van der Waals surface area contributed by atoms with Crippen molar-refractivity contribution < 1.29 is 14.6 Å². The summed E-state index contributed by atoms with van der Waals surface area (Å²) in [6.07, 6.45) is 2.02. The molecular formula is C20H16ClN3O3S. The van der Waals surface area contributed by atoms with E-state index in [1.807, 2.05) is 13.0 Å². The monoisotopic (exact) mass is 413 g/mol. The molecule has 0 spiro atoms. The quantitative estimate of drug-likeness (QED) is 0.543. The third-order valence-corrected chi connectivity index (χ3v) is 6.26. The van der Waals surface area contributed by atoms with Crippen LogP contribution >= 0.6 is 22.9 Å². The van der Waals surface area contributed by atoms with Crippen LogP contribution in [0.15, 0.2) is 24.4 Å². The van der Waals surface area contributed by atoms with Crippen LogP contribution in [0.5, 0.6) is 11.6 Å². The van der Waals surface area contributed by atoms with E-state index in [0.717, 1.165) is 48.7 Å². The number of aryl methyl sites for hydroxylation is 1. The number of halogens is 1. The number of thiazole rings is 1. The van der Waals surface area contributed by atoms with Gasteiger partial charge in [-0.15, -0.1) is 11.3 Å². The maximum atomic E-state index is 9.46. The molecule has 0 saturated carbocycles. The Balaban J connectivity index is 1.74. The molecule has 0 amide bonds. The fourth-order valence-corrected chi connectivity index (χ4v) is 4.99. The number of benzene rings is 2. The molecule has 2 aromatic heterocycles. The zero-order valence-corrected chi connectivity index (χ0v) is 16.8. The van der Waals surface area contributed by atoms with Crippen LogP contribution in [-0.4, -0.2) is 39.9 Å². The molecule has 1 aliphatic heterocycles. The first-order valence-corrected chi connectivity index (χ1v) is 9.98. The summed E-state index contributed by atoms with van der Waals surface area (Å²) in [4.78, 5) is 13.9. The van der Waals surface area contributed by atoms with Crippen LogP contribution < -0.4 is 9.47 Å². The van der Waals surface area contributed by atoms with Crippen LogP contribution in [0.3, 0.4) is 0 Å². The highest BCUT2D eigenvalue weighted by Gasteiger charge is 2.28. The fourth-order valence-electron chi connectivity index (χ4n) is 3.54. The lowest BCUT2D eigenvalue weighted by Gasteiger charge is -2.06. The number of aliphatic hydroxyl groups is 1. The molecule has 28 heavy (non-hydrogen) atoms. The summed E-state index contributed by atoms with van der Waals surface area (Å²) in [6.45, 7) is 1.99. The average Bonchev–Trinajstić information content (AvgIpc) is 3.31. The number of aliphatic hydroxyl groups excluding tert-OH is 1. The summed E-state index contributed by atoms with van der Waals surface area (Å²) in [5.74, 6) is 1.20. The van der Waals surface area contributed by atoms with E-state index in [0.29, 0.717) is 17.3 Å². The predicted octanol–water partition coefficient (Wildman–Crippen LogP) is 4.17. The first-order chi connectivity index (χ1) is 13.6. The maximum Gasteiger partial charge on any atom is 0.232 e. The van der Waals surface area contributed by atoms with Gasteiger partial charge in [0.15, 0.2) is 0 Å². The van der Waals surface area contributed by atoms with Crippen molar-refractivity contribution in [2.45, 2.75) is 19.4 Å². The molecule has 6 nitrogen and oxygen atoms in total. The Morgan fingerprint density at radius 1 is 1.29 bits per heavy atom. The molecule has 0 bridgehead atoms. The van der Waals surface area contributed by atoms with Gasteiger partial charge < -0.3 is 14.6 Å². The minimum atomic E-state index is -0.236. The Kier molecular flexibility index (Phi) is 4.12. The number of nitrogens with zero attached hydrogens (tertiary/aromatic N) is 3. The van der Waals surface area contributed by atoms with E-state index in [-0.39, 0.29) is 12.7 Å². The lowest BCUT2D eigenvalue weighted by Crippen LogP contribution is -2.17. The first-order valence-electron chi connectivity index (χ1n) is 8.78. The third kappa shape index (κ3) is 2.70. The van der Waals surface area contributed by atoms with Crippen molar-refractivity contribution in [1.29, 1.82) is 0 Å². The number of aromatic nitrogens is 3. The maximum absolute atomic E-state index is 9.46. The predicted molar refractivity (Wildman–Crippen MR) is 110 cm³/mol. The summed E-state index contributed by atoms with van der Waals surface area (Å²) < 4.78 is 12.0. The Hall–Kier alpha value is -2.48. The van der Waals surface area contributed by atoms with Gasteiger partial charge in [0.05, 0.1) is 40.7 Å². The van der Waals surface area contributed by atoms with Gasteiger partial charge in [-0.05, 0) is 24.6 Å². The highest BCUT2D eigenvalue weighted by Crippen LogP contribution is 2.44. The molecule has 0 fully saturated rings. The van der Waals surface area contributed by atoms with E-state index >= 15 is 0 Å². The van der Waals surface area contributed by atoms with Crippen molar-refractivity contribution in [1.82, 2.24) is 15.0 Å². The molecule has 8 heteroatoms. The van der Waals surface area contributed by atoms with Crippen LogP contribution in [0, 0.1) is 6.92 Å². The van der Waals surface area contributed by atoms with Crippen molar-refractivity contribution >= 4 is 44.2 Å². The Labute approximate surface area is 169 Å². The van der Waals surface area contributed by atoms with Gasteiger partial charge in [-0.1, -0.05) is 11.6 Å². The van der Waals surface area contributed by atoms with Crippen molar-refractivity contribution in [2.24, 2.45) is 0 Å². The topological polar surface area (TPSA) is 77.4 Å². The van der Waals surface area contributed by atoms with Crippen LogP contribution in [0.1, 0.15) is 11.1 Å². The Morgan fingerprint density at radius 2 is 2.14 bits per heavy atom. The molecule has 1 aliphatic rings. The smallest absolute Gasteiger partial charge is 0.232 e. The highest BCUT2D eigenvalue weighted by atomic mass is 35.5. The molecule has 0 radical (unpaired) electrons. The van der Waals surface area contributed by atoms with Crippen LogP contribution in [-0.2, 0) is 6.42 Å². The van der Waals surface area contributed by atoms with Gasteiger partial charge in [-0.2, -0.15) is 0 Å². The van der Waals surface area contributed by atoms with Gasteiger partial charge in [0.25, 0.3) is 0 Å². The standard InChI is InChI=1S/C20H16ClN3O3S/c1-9-3-12(17-14(4-9)23-16(26-2)7-22-17)20-24-18-13(21)6-15-11(19(18)28-20)5-10(8-25)27-15/h3-4,6-7,10,25H,5,8H2,1-2H3. The largest absolute Gasteiger partial charge is 0.487 e. The zero-order chi connectivity index (χ0) is 19.4. The summed E-state index contributed by atoms with van der Waals surface area (Å²) in [6, 6.07) is 5.83. The Bertz CT molecular complexity index is 1240. The van der Waals surface area contributed by atoms with E-state index in [1.54, 1.807) is 30.7 Å². The second-order valence-electron chi connectivity index (χ2n) is 6.75. The number of fused-ring (bicyclic) bond motifs is 4. The molecule has 0 aliphatic carbocycles. The number of rotatable bonds is 3. The van der Waals surface area contributed by atoms with Crippen LogP contribution in [0.4, 0.5) is 0 Å². The number of hydrogen-bond donors (Lipinski definition) is 1. The van der Waals surface area contributed by atoms with Gasteiger partial charge in [0.1, 0.15) is 22.4 Å². The Morgan fingerprint density at radius 3 is 2.93 bits per heavy atom. The van der Waals surface area contributed by atoms with Crippen LogP contribution in [0.25, 0.3) is 31.8 Å². The molecule has 1 unspecified atom stereocenters. The zero-order valence-electron chi connectivity index (χ0n) is 15.2. The lowest BCUT2D eigenvalue weighted by atomic mass is 10.1. The fraction of sp³-hybridized carbons (Fsp3) is 0.250. The van der Waals surface area contributed by atoms with Gasteiger partial charge >= 0.3 is 0 Å². The second-order valence-corrected chi connectivity index (χ2v) is 8.16. The SMILES string of the molecule is COc1cnc2c(-c3nc4c(Cl)cc5c(c4s3)CC(CO)O5)cc(C)cc2n1. The summed E-state index contributed by atoms with van der Waals surface area (Å²) in [7, 11) is 1.57. The van der Waals surface area contributed by atoms with E-state index in [1.165, 1.54) is 0 Å². The third-order valence-electron chi connectivity index (χ3n) is 4.82. The molecule has 0 saturated heterocycles. The van der Waals surface area contributed by atoms with Crippen molar-refractivity contribution in [3.63, 3.8) is 0 Å². The van der Waals surface area contributed by atoms with Crippen LogP contribution in [0.2, 0.25) is 5.02 Å². The molecule has 4 aromatic rings. The van der Waals surface area contributed by atoms with Gasteiger partial charge in [-0.3, -0.25) is 0 Å². The van der Waals surface area contributed by atoms with Gasteiger partial charge in [0, 0.05) is 23.6 Å². The first kappa shape index (κ1) is 17.6. The normalized spacial score (nSPS) is 15.8. The van der Waals surface area contributed by atoms with E-state index in [4.69, 9.17) is 26.1 Å². The van der Waals surface area contributed by atoms with Crippen molar-refractivity contribution in [2.75, 3.05) is 13.7 Å². The number of methoxy groups -OCH3 is 1. The highest BCUT2D eigenvalue weighted by molar-refractivity contribution is 7.22. The summed E-state index contributed by atoms with van der Waals surface area (Å²) in [5.41, 5.74) is 5.29. The summed E-state index contributed by atoms with van der Waals surface area (Å²) in [5, 5.41) is 10.8. The van der Waals surface area contributed by atoms with E-state index in [9.17, 15) is 5.11 Å². The minimum absolute atomic E-state index is 0.0284. The number of ether oxygens (including phenoxy) is 2. The molecule has 142 valence electrons. The minimum Gasteiger partial charge on any atom is -0.487 e. The lowest BCUT2D eigenvalue weighted by molar-refractivity contribution is 0.134. The van der Waals surface area contributed by atoms with Gasteiger partial charge in [-0.25, -0.2) is 15.0 Å². The molecule has 1 N–H and O–H groups in total. The molecular weight excluding hydrogens is 398 g/mol. The summed E-state index contributed by atoms with van der Waals surface area (Å²) >= 11 is 8.04. The van der Waals surface area contributed by atoms with Crippen molar-refractivity contribution in [3.8, 4) is 22.2 Å². The second kappa shape index (κ2) is 6.55. The molecule has 5 rings (SSSR count). The van der Waals surface area contributed by atoms with E-state index in [2.05, 4.69) is 16.0 Å². The molecule has 2 aromatic carbocycles. The number of hydrogen-bond acceptors (Lipinski definition) is 7.